The number of nitrogens with one attached hydrogen (secondary N) is 1. The molecule has 0 radical (unpaired) electrons. The first kappa shape index (κ1) is 15.7. The number of thioether (sulfide) groups is 1. The van der Waals surface area contributed by atoms with Crippen molar-refractivity contribution in [2.75, 3.05) is 13.2 Å². The minimum atomic E-state index is -0.0717. The molecule has 1 aliphatic heterocycles. The quantitative estimate of drug-likeness (QED) is 0.817. The maximum Gasteiger partial charge on any atom is 0.233 e. The van der Waals surface area contributed by atoms with Gasteiger partial charge in [-0.25, -0.2) is 0 Å². The minimum Gasteiger partial charge on any atom is -0.376 e. The van der Waals surface area contributed by atoms with Crippen molar-refractivity contribution in [1.29, 1.82) is 0 Å². The Balaban J connectivity index is 1.83. The van der Waals surface area contributed by atoms with Crippen LogP contribution in [0.1, 0.15) is 26.2 Å². The largest absolute Gasteiger partial charge is 0.376 e. The molecule has 0 aromatic heterocycles. The second kappa shape index (κ2) is 7.91. The molecule has 1 aliphatic rings. The fraction of sp³-hybridized carbons (Fsp3) is 0.533. The Morgan fingerprint density at radius 3 is 2.85 bits per heavy atom. The van der Waals surface area contributed by atoms with Crippen molar-refractivity contribution in [3.8, 4) is 0 Å². The average Bonchev–Trinajstić information content (AvgIpc) is 2.97. The van der Waals surface area contributed by atoms with E-state index in [1.807, 2.05) is 31.2 Å². The summed E-state index contributed by atoms with van der Waals surface area (Å²) in [5, 5.41) is 3.64. The highest BCUT2D eigenvalue weighted by Crippen LogP contribution is 2.26. The van der Waals surface area contributed by atoms with Crippen molar-refractivity contribution in [3.05, 3.63) is 29.3 Å². The molecule has 1 fully saturated rings. The molecule has 0 aliphatic carbocycles. The number of amides is 1. The van der Waals surface area contributed by atoms with Crippen LogP contribution in [0, 0.1) is 0 Å². The molecule has 20 heavy (non-hydrogen) atoms. The molecule has 1 N–H and O–H groups in total. The summed E-state index contributed by atoms with van der Waals surface area (Å²) in [6.07, 6.45) is 3.13. The Morgan fingerprint density at radius 1 is 1.50 bits per heavy atom. The van der Waals surface area contributed by atoms with Gasteiger partial charge in [0.15, 0.2) is 0 Å². The Kier molecular flexibility index (Phi) is 6.20. The van der Waals surface area contributed by atoms with Crippen molar-refractivity contribution in [2.24, 2.45) is 0 Å². The molecule has 1 amide bonds. The van der Waals surface area contributed by atoms with Gasteiger partial charge in [-0.05, 0) is 43.5 Å². The normalized spacial score (nSPS) is 19.8. The summed E-state index contributed by atoms with van der Waals surface area (Å²) in [4.78, 5) is 13.3. The number of carbonyl (C=O) groups excluding carboxylic acids is 1. The van der Waals surface area contributed by atoms with Crippen molar-refractivity contribution in [3.63, 3.8) is 0 Å². The lowest BCUT2D eigenvalue weighted by Crippen LogP contribution is -2.37. The second-order valence-corrected chi connectivity index (χ2v) is 6.56. The van der Waals surface area contributed by atoms with Crippen molar-refractivity contribution < 1.29 is 9.53 Å². The molecule has 0 saturated carbocycles. The molecule has 110 valence electrons. The van der Waals surface area contributed by atoms with Crippen LogP contribution in [-0.4, -0.2) is 30.4 Å². The van der Waals surface area contributed by atoms with E-state index in [9.17, 15) is 4.79 Å². The van der Waals surface area contributed by atoms with Gasteiger partial charge in [0.05, 0.1) is 11.4 Å². The number of hydrogen-bond acceptors (Lipinski definition) is 3. The highest BCUT2D eigenvalue weighted by atomic mass is 35.5. The van der Waals surface area contributed by atoms with Crippen molar-refractivity contribution >= 4 is 29.3 Å². The molecule has 0 bridgehead atoms. The van der Waals surface area contributed by atoms with E-state index >= 15 is 0 Å². The van der Waals surface area contributed by atoms with Gasteiger partial charge in [-0.1, -0.05) is 18.5 Å². The molecule has 5 heteroatoms. The molecule has 1 heterocycles. The Hall–Kier alpha value is -0.710. The molecule has 3 nitrogen and oxygen atoms in total. The SMILES string of the molecule is CC[C@@H](Sc1ccc(Cl)cc1)C(=O)NC[C@@H]1CCCO1. The topological polar surface area (TPSA) is 38.3 Å². The summed E-state index contributed by atoms with van der Waals surface area (Å²) in [6, 6.07) is 7.59. The third-order valence-corrected chi connectivity index (χ3v) is 4.91. The molecule has 1 aromatic carbocycles. The van der Waals surface area contributed by atoms with E-state index in [4.69, 9.17) is 16.3 Å². The van der Waals surface area contributed by atoms with Crippen LogP contribution in [0.4, 0.5) is 0 Å². The number of carbonyl (C=O) groups is 1. The molecule has 0 unspecified atom stereocenters. The van der Waals surface area contributed by atoms with Crippen LogP contribution in [0.5, 0.6) is 0 Å². The summed E-state index contributed by atoms with van der Waals surface area (Å²) in [7, 11) is 0. The van der Waals surface area contributed by atoms with Crippen molar-refractivity contribution in [1.82, 2.24) is 5.32 Å². The fourth-order valence-corrected chi connectivity index (χ4v) is 3.24. The number of rotatable bonds is 6. The van der Waals surface area contributed by atoms with Gasteiger partial charge in [-0.15, -0.1) is 11.8 Å². The van der Waals surface area contributed by atoms with Crippen molar-refractivity contribution in [2.45, 2.75) is 42.4 Å². The zero-order chi connectivity index (χ0) is 14.4. The Bertz CT molecular complexity index is 432. The smallest absolute Gasteiger partial charge is 0.233 e. The molecule has 0 spiro atoms. The fourth-order valence-electron chi connectivity index (χ4n) is 2.13. The maximum atomic E-state index is 12.2. The maximum absolute atomic E-state index is 12.2. The first-order chi connectivity index (χ1) is 9.69. The van der Waals surface area contributed by atoms with Gasteiger partial charge in [-0.2, -0.15) is 0 Å². The summed E-state index contributed by atoms with van der Waals surface area (Å²) in [5.41, 5.74) is 0. The van der Waals surface area contributed by atoms with Gasteiger partial charge in [0.2, 0.25) is 5.91 Å². The molecular weight excluding hydrogens is 294 g/mol. The van der Waals surface area contributed by atoms with E-state index in [1.54, 1.807) is 11.8 Å². The van der Waals surface area contributed by atoms with Crippen LogP contribution in [0.2, 0.25) is 5.02 Å². The second-order valence-electron chi connectivity index (χ2n) is 4.85. The number of hydrogen-bond donors (Lipinski definition) is 1. The van der Waals surface area contributed by atoms with Crippen LogP contribution in [0.15, 0.2) is 29.2 Å². The summed E-state index contributed by atoms with van der Waals surface area (Å²) in [5.74, 6) is 0.0861. The van der Waals surface area contributed by atoms with Crippen LogP contribution in [0.3, 0.4) is 0 Å². The van der Waals surface area contributed by atoms with Crippen LogP contribution < -0.4 is 5.32 Å². The summed E-state index contributed by atoms with van der Waals surface area (Å²) in [6.45, 7) is 3.47. The lowest BCUT2D eigenvalue weighted by Gasteiger charge is -2.16. The van der Waals surface area contributed by atoms with Gasteiger partial charge in [-0.3, -0.25) is 4.79 Å². The van der Waals surface area contributed by atoms with Crippen LogP contribution >= 0.6 is 23.4 Å². The van der Waals surface area contributed by atoms with E-state index in [0.717, 1.165) is 30.8 Å². The zero-order valence-corrected chi connectivity index (χ0v) is 13.2. The van der Waals surface area contributed by atoms with Crippen LogP contribution in [-0.2, 0) is 9.53 Å². The average molecular weight is 314 g/mol. The molecule has 2 atom stereocenters. The van der Waals surface area contributed by atoms with Gasteiger partial charge < -0.3 is 10.1 Å². The van der Waals surface area contributed by atoms with E-state index in [0.29, 0.717) is 11.6 Å². The Labute approximate surface area is 129 Å². The zero-order valence-electron chi connectivity index (χ0n) is 11.6. The Morgan fingerprint density at radius 2 is 2.25 bits per heavy atom. The van der Waals surface area contributed by atoms with Crippen LogP contribution in [0.25, 0.3) is 0 Å². The third-order valence-electron chi connectivity index (χ3n) is 3.28. The highest BCUT2D eigenvalue weighted by Gasteiger charge is 2.21. The van der Waals surface area contributed by atoms with E-state index < -0.39 is 0 Å². The van der Waals surface area contributed by atoms with E-state index in [1.165, 1.54) is 0 Å². The first-order valence-electron chi connectivity index (χ1n) is 7.00. The first-order valence-corrected chi connectivity index (χ1v) is 8.26. The molecular formula is C15H20ClNO2S. The highest BCUT2D eigenvalue weighted by molar-refractivity contribution is 8.00. The molecule has 1 saturated heterocycles. The molecule has 1 aromatic rings. The third kappa shape index (κ3) is 4.69. The number of ether oxygens (including phenoxy) is 1. The summed E-state index contributed by atoms with van der Waals surface area (Å²) < 4.78 is 5.51. The monoisotopic (exact) mass is 313 g/mol. The predicted octanol–water partition coefficient (Wildman–Crippen LogP) is 3.51. The number of benzene rings is 1. The van der Waals surface area contributed by atoms with E-state index in [2.05, 4.69) is 5.32 Å². The van der Waals surface area contributed by atoms with Gasteiger partial charge in [0, 0.05) is 23.1 Å². The van der Waals surface area contributed by atoms with E-state index in [-0.39, 0.29) is 17.3 Å². The molecule has 2 rings (SSSR count). The predicted molar refractivity (Wildman–Crippen MR) is 83.4 cm³/mol. The van der Waals surface area contributed by atoms with Gasteiger partial charge in [0.25, 0.3) is 0 Å². The number of halogens is 1. The lowest BCUT2D eigenvalue weighted by atomic mass is 10.2. The lowest BCUT2D eigenvalue weighted by molar-refractivity contribution is -0.121. The summed E-state index contributed by atoms with van der Waals surface area (Å²) >= 11 is 7.44. The minimum absolute atomic E-state index is 0.0717. The van der Waals surface area contributed by atoms with Gasteiger partial charge in [0.1, 0.15) is 0 Å². The van der Waals surface area contributed by atoms with Gasteiger partial charge >= 0.3 is 0 Å². The standard InChI is InChI=1S/C15H20ClNO2S/c1-2-14(20-13-7-5-11(16)6-8-13)15(18)17-10-12-4-3-9-19-12/h5-8,12,14H,2-4,9-10H2,1H3,(H,17,18)/t12-,14+/m0/s1.